The molecule has 1 aliphatic heterocycles. The van der Waals surface area contributed by atoms with Crippen molar-refractivity contribution in [3.05, 3.63) is 0 Å². The molecule has 4 aliphatic carbocycles. The maximum absolute atomic E-state index is 11.9. The van der Waals surface area contributed by atoms with E-state index in [1.807, 2.05) is 13.8 Å². The monoisotopic (exact) mass is 476 g/mol. The Labute approximate surface area is 208 Å². The number of aliphatic hydroxyl groups excluding tert-OH is 2. The fraction of sp³-hybridized carbons (Fsp3) is 1.00. The SMILES string of the molecule is CC(C)(O)[C@H]1CC[C@@](C)(C2CC[C@]3(C)[C@@H]2[C@H](O)C[C@@H]2[C@@]4(C)CC[C@H](O)C(C)(C)[C@@H]4CC[C@]23C)O1. The van der Waals surface area contributed by atoms with Crippen molar-refractivity contribution in [2.24, 2.45) is 45.3 Å². The summed E-state index contributed by atoms with van der Waals surface area (Å²) in [5.41, 5.74) is -0.703. The highest BCUT2D eigenvalue weighted by Gasteiger charge is 2.71. The standard InChI is InChI=1S/C30H52O4/c1-25(2)20-10-15-28(6)21(27(20,5)13-11-22(25)32)17-19(31)24-18(9-14-29(24,28)7)30(8)16-12-23(34-30)26(3,4)33/h18-24,31-33H,9-17H2,1-8H3/t18?,19-,20+,21-,22+,23-,24+,27+,28-,29-,30+/m1/s1. The van der Waals surface area contributed by atoms with E-state index < -0.39 is 5.60 Å². The van der Waals surface area contributed by atoms with Crippen LogP contribution in [0.4, 0.5) is 0 Å². The fourth-order valence-corrected chi connectivity index (χ4v) is 11.1. The molecule has 4 nitrogen and oxygen atoms in total. The highest BCUT2D eigenvalue weighted by atomic mass is 16.5. The molecule has 5 aliphatic rings. The molecular weight excluding hydrogens is 424 g/mol. The third kappa shape index (κ3) is 3.16. The van der Waals surface area contributed by atoms with Crippen LogP contribution in [0.3, 0.4) is 0 Å². The summed E-state index contributed by atoms with van der Waals surface area (Å²) in [4.78, 5) is 0. The Bertz CT molecular complexity index is 817. The first-order chi connectivity index (χ1) is 15.5. The van der Waals surface area contributed by atoms with Gasteiger partial charge in [-0.15, -0.1) is 0 Å². The zero-order valence-corrected chi connectivity index (χ0v) is 23.2. The van der Waals surface area contributed by atoms with Gasteiger partial charge in [0.2, 0.25) is 0 Å². The largest absolute Gasteiger partial charge is 0.393 e. The number of rotatable bonds is 2. The Morgan fingerprint density at radius 3 is 2.03 bits per heavy atom. The van der Waals surface area contributed by atoms with Gasteiger partial charge in [0.15, 0.2) is 0 Å². The van der Waals surface area contributed by atoms with Crippen LogP contribution in [-0.4, -0.2) is 44.8 Å². The first kappa shape index (κ1) is 25.5. The molecule has 0 radical (unpaired) electrons. The van der Waals surface area contributed by atoms with E-state index >= 15 is 0 Å². The lowest BCUT2D eigenvalue weighted by Gasteiger charge is -2.70. The van der Waals surface area contributed by atoms with Crippen LogP contribution in [0.2, 0.25) is 0 Å². The first-order valence-electron chi connectivity index (χ1n) is 14.3. The quantitative estimate of drug-likeness (QED) is 0.477. The third-order valence-corrected chi connectivity index (χ3v) is 13.3. The summed E-state index contributed by atoms with van der Waals surface area (Å²) in [7, 11) is 0. The Hall–Kier alpha value is -0.160. The van der Waals surface area contributed by atoms with Gasteiger partial charge in [-0.2, -0.15) is 0 Å². The topological polar surface area (TPSA) is 69.9 Å². The molecule has 0 spiro atoms. The second-order valence-electron chi connectivity index (χ2n) is 15.4. The number of aliphatic hydroxyl groups is 3. The van der Waals surface area contributed by atoms with E-state index in [-0.39, 0.29) is 51.5 Å². The molecule has 1 unspecified atom stereocenters. The Kier molecular flexibility index (Phi) is 5.59. The number of fused-ring (bicyclic) bond motifs is 5. The van der Waals surface area contributed by atoms with E-state index in [1.54, 1.807) is 0 Å². The van der Waals surface area contributed by atoms with Crippen molar-refractivity contribution in [2.45, 2.75) is 143 Å². The van der Waals surface area contributed by atoms with Crippen LogP contribution in [0.15, 0.2) is 0 Å². The molecule has 4 heteroatoms. The predicted octanol–water partition coefficient (Wildman–Crippen LogP) is 5.71. The summed E-state index contributed by atoms with van der Waals surface area (Å²) in [5.74, 6) is 1.59. The van der Waals surface area contributed by atoms with E-state index in [9.17, 15) is 15.3 Å². The summed E-state index contributed by atoms with van der Waals surface area (Å²) in [6.45, 7) is 18.1. The van der Waals surface area contributed by atoms with Crippen LogP contribution in [-0.2, 0) is 4.74 Å². The van der Waals surface area contributed by atoms with Gasteiger partial charge in [-0.3, -0.25) is 0 Å². The van der Waals surface area contributed by atoms with Gasteiger partial charge in [0.1, 0.15) is 0 Å². The lowest BCUT2D eigenvalue weighted by atomic mass is 9.35. The molecule has 0 aromatic rings. The van der Waals surface area contributed by atoms with Crippen LogP contribution in [0.25, 0.3) is 0 Å². The summed E-state index contributed by atoms with van der Waals surface area (Å²) in [5, 5.41) is 33.4. The van der Waals surface area contributed by atoms with E-state index in [1.165, 1.54) is 12.8 Å². The maximum Gasteiger partial charge on any atom is 0.0865 e. The summed E-state index contributed by atoms with van der Waals surface area (Å²) >= 11 is 0. The van der Waals surface area contributed by atoms with Crippen LogP contribution in [0.1, 0.15) is 113 Å². The maximum atomic E-state index is 11.9. The van der Waals surface area contributed by atoms with Gasteiger partial charge in [-0.25, -0.2) is 0 Å². The van der Waals surface area contributed by atoms with Gasteiger partial charge in [0.25, 0.3) is 0 Å². The summed E-state index contributed by atoms with van der Waals surface area (Å²) < 4.78 is 6.66. The van der Waals surface area contributed by atoms with Gasteiger partial charge < -0.3 is 20.1 Å². The van der Waals surface area contributed by atoms with Crippen molar-refractivity contribution in [1.29, 1.82) is 0 Å². The van der Waals surface area contributed by atoms with Crippen LogP contribution < -0.4 is 0 Å². The Morgan fingerprint density at radius 1 is 0.765 bits per heavy atom. The second-order valence-corrected chi connectivity index (χ2v) is 15.4. The van der Waals surface area contributed by atoms with Gasteiger partial charge >= 0.3 is 0 Å². The molecule has 0 bridgehead atoms. The van der Waals surface area contributed by atoms with Crippen molar-refractivity contribution in [3.8, 4) is 0 Å². The zero-order valence-electron chi connectivity index (χ0n) is 23.2. The van der Waals surface area contributed by atoms with Crippen molar-refractivity contribution in [2.75, 3.05) is 0 Å². The average molecular weight is 477 g/mol. The van der Waals surface area contributed by atoms with E-state index in [0.29, 0.717) is 17.8 Å². The van der Waals surface area contributed by atoms with E-state index in [4.69, 9.17) is 4.74 Å². The van der Waals surface area contributed by atoms with Crippen LogP contribution in [0, 0.1) is 45.3 Å². The summed E-state index contributed by atoms with van der Waals surface area (Å²) in [6.07, 6.45) is 8.72. The minimum Gasteiger partial charge on any atom is -0.393 e. The first-order valence-corrected chi connectivity index (χ1v) is 14.3. The number of ether oxygens (including phenoxy) is 1. The van der Waals surface area contributed by atoms with Crippen LogP contribution >= 0.6 is 0 Å². The molecule has 1 saturated heterocycles. The van der Waals surface area contributed by atoms with Gasteiger partial charge in [-0.1, -0.05) is 34.6 Å². The third-order valence-electron chi connectivity index (χ3n) is 13.3. The highest BCUT2D eigenvalue weighted by Crippen LogP contribution is 2.76. The molecule has 0 aromatic heterocycles. The molecule has 1 heterocycles. The molecule has 5 fully saturated rings. The van der Waals surface area contributed by atoms with E-state index in [0.717, 1.165) is 44.9 Å². The molecule has 34 heavy (non-hydrogen) atoms. The average Bonchev–Trinajstić information content (AvgIpc) is 3.30. The van der Waals surface area contributed by atoms with Crippen LogP contribution in [0.5, 0.6) is 0 Å². The van der Waals surface area contributed by atoms with Crippen molar-refractivity contribution in [3.63, 3.8) is 0 Å². The smallest absolute Gasteiger partial charge is 0.0865 e. The molecule has 11 atom stereocenters. The van der Waals surface area contributed by atoms with Crippen molar-refractivity contribution < 1.29 is 20.1 Å². The molecule has 0 amide bonds. The van der Waals surface area contributed by atoms with Crippen molar-refractivity contribution in [1.82, 2.24) is 0 Å². The number of hydrogen-bond acceptors (Lipinski definition) is 4. The minimum absolute atomic E-state index is 0.0630. The molecule has 4 saturated carbocycles. The minimum atomic E-state index is -0.826. The van der Waals surface area contributed by atoms with Gasteiger partial charge in [0.05, 0.1) is 29.5 Å². The number of hydrogen-bond donors (Lipinski definition) is 3. The lowest BCUT2D eigenvalue weighted by molar-refractivity contribution is -0.248. The predicted molar refractivity (Wildman–Crippen MR) is 135 cm³/mol. The zero-order chi connectivity index (χ0) is 25.1. The lowest BCUT2D eigenvalue weighted by Crippen LogP contribution is -2.66. The molecule has 3 N–H and O–H groups in total. The molecule has 196 valence electrons. The molecule has 5 rings (SSSR count). The van der Waals surface area contributed by atoms with Crippen molar-refractivity contribution >= 4 is 0 Å². The highest BCUT2D eigenvalue weighted by molar-refractivity contribution is 5.20. The second kappa shape index (κ2) is 7.45. The van der Waals surface area contributed by atoms with Gasteiger partial charge in [-0.05, 0) is 124 Å². The normalized spacial score (nSPS) is 57.1. The van der Waals surface area contributed by atoms with Gasteiger partial charge in [0, 0.05) is 0 Å². The molecule has 0 aromatic carbocycles. The fourth-order valence-electron chi connectivity index (χ4n) is 11.1. The summed E-state index contributed by atoms with van der Waals surface area (Å²) in [6, 6.07) is 0. The van der Waals surface area contributed by atoms with E-state index in [2.05, 4.69) is 41.5 Å². The Morgan fingerprint density at radius 2 is 1.41 bits per heavy atom. The Balaban J connectivity index is 1.48. The molecular formula is C30H52O4.